The van der Waals surface area contributed by atoms with Crippen molar-refractivity contribution >= 4 is 11.6 Å². The van der Waals surface area contributed by atoms with Gasteiger partial charge in [-0.05, 0) is 43.1 Å². The van der Waals surface area contributed by atoms with Crippen LogP contribution < -0.4 is 5.32 Å². The van der Waals surface area contributed by atoms with Crippen molar-refractivity contribution in [1.29, 1.82) is 0 Å². The Morgan fingerprint density at radius 1 is 1.29 bits per heavy atom. The summed E-state index contributed by atoms with van der Waals surface area (Å²) in [6.45, 7) is 4.35. The van der Waals surface area contributed by atoms with Crippen LogP contribution >= 0.6 is 11.6 Å². The van der Waals surface area contributed by atoms with Crippen molar-refractivity contribution in [2.24, 2.45) is 5.92 Å². The van der Waals surface area contributed by atoms with Gasteiger partial charge in [0.1, 0.15) is 5.82 Å². The first-order chi connectivity index (χ1) is 8.12. The SMILES string of the molecule is CCC(CC)C(Cc1cc(Cl)ccc1F)NC. The predicted molar refractivity (Wildman–Crippen MR) is 72.0 cm³/mol. The van der Waals surface area contributed by atoms with E-state index < -0.39 is 0 Å². The highest BCUT2D eigenvalue weighted by Crippen LogP contribution is 2.21. The van der Waals surface area contributed by atoms with E-state index in [0.717, 1.165) is 12.8 Å². The molecule has 1 atom stereocenters. The van der Waals surface area contributed by atoms with Crippen molar-refractivity contribution in [2.45, 2.75) is 39.2 Å². The molecule has 1 rings (SSSR count). The molecule has 1 aromatic rings. The van der Waals surface area contributed by atoms with Gasteiger partial charge in [-0.15, -0.1) is 0 Å². The van der Waals surface area contributed by atoms with Crippen LogP contribution in [0.1, 0.15) is 32.3 Å². The molecule has 0 saturated carbocycles. The number of hydrogen-bond acceptors (Lipinski definition) is 1. The third kappa shape index (κ3) is 3.97. The summed E-state index contributed by atoms with van der Waals surface area (Å²) in [7, 11) is 1.94. The van der Waals surface area contributed by atoms with Gasteiger partial charge < -0.3 is 5.32 Å². The zero-order chi connectivity index (χ0) is 12.8. The second-order valence-electron chi connectivity index (χ2n) is 4.41. The maximum absolute atomic E-state index is 13.7. The van der Waals surface area contributed by atoms with Gasteiger partial charge in [0, 0.05) is 11.1 Å². The molecule has 0 aliphatic rings. The van der Waals surface area contributed by atoms with Gasteiger partial charge in [0.25, 0.3) is 0 Å². The molecule has 0 amide bonds. The smallest absolute Gasteiger partial charge is 0.126 e. The third-order valence-corrected chi connectivity index (χ3v) is 3.67. The fraction of sp³-hybridized carbons (Fsp3) is 0.571. The first kappa shape index (κ1) is 14.5. The average Bonchev–Trinajstić information content (AvgIpc) is 2.33. The molecule has 3 heteroatoms. The lowest BCUT2D eigenvalue weighted by atomic mass is 9.89. The van der Waals surface area contributed by atoms with Crippen LogP contribution in [-0.2, 0) is 6.42 Å². The largest absolute Gasteiger partial charge is 0.316 e. The van der Waals surface area contributed by atoms with Crippen LogP contribution in [0.25, 0.3) is 0 Å². The van der Waals surface area contributed by atoms with E-state index in [4.69, 9.17) is 11.6 Å². The number of rotatable bonds is 6. The summed E-state index contributed by atoms with van der Waals surface area (Å²) in [5, 5.41) is 3.89. The fourth-order valence-corrected chi connectivity index (χ4v) is 2.49. The molecular weight excluding hydrogens is 237 g/mol. The lowest BCUT2D eigenvalue weighted by Crippen LogP contribution is -2.35. The van der Waals surface area contributed by atoms with E-state index in [0.29, 0.717) is 29.0 Å². The number of nitrogens with one attached hydrogen (secondary N) is 1. The number of halogens is 2. The molecule has 0 aromatic heterocycles. The summed E-state index contributed by atoms with van der Waals surface area (Å²) in [5.41, 5.74) is 0.698. The van der Waals surface area contributed by atoms with Gasteiger partial charge in [-0.3, -0.25) is 0 Å². The Morgan fingerprint density at radius 3 is 2.47 bits per heavy atom. The second-order valence-corrected chi connectivity index (χ2v) is 4.85. The molecule has 96 valence electrons. The molecule has 0 fully saturated rings. The van der Waals surface area contributed by atoms with Crippen LogP contribution in [0.4, 0.5) is 4.39 Å². The minimum atomic E-state index is -0.166. The monoisotopic (exact) mass is 257 g/mol. The van der Waals surface area contributed by atoms with Crippen molar-refractivity contribution in [2.75, 3.05) is 7.05 Å². The Balaban J connectivity index is 2.83. The van der Waals surface area contributed by atoms with E-state index in [1.807, 2.05) is 7.05 Å². The van der Waals surface area contributed by atoms with Crippen molar-refractivity contribution < 1.29 is 4.39 Å². The van der Waals surface area contributed by atoms with E-state index in [1.165, 1.54) is 6.07 Å². The standard InChI is InChI=1S/C14H21ClFN/c1-4-10(5-2)14(17-3)9-11-8-12(15)6-7-13(11)16/h6-8,10,14,17H,4-5,9H2,1-3H3. The van der Waals surface area contributed by atoms with Gasteiger partial charge in [-0.2, -0.15) is 0 Å². The highest BCUT2D eigenvalue weighted by atomic mass is 35.5. The summed E-state index contributed by atoms with van der Waals surface area (Å²) < 4.78 is 13.7. The quantitative estimate of drug-likeness (QED) is 0.811. The minimum Gasteiger partial charge on any atom is -0.316 e. The number of likely N-dealkylation sites (N-methyl/N-ethyl adjacent to an activating group) is 1. The van der Waals surface area contributed by atoms with E-state index in [1.54, 1.807) is 12.1 Å². The zero-order valence-corrected chi connectivity index (χ0v) is 11.5. The molecule has 0 spiro atoms. The average molecular weight is 258 g/mol. The molecule has 0 aliphatic heterocycles. The van der Waals surface area contributed by atoms with E-state index in [9.17, 15) is 4.39 Å². The molecule has 0 heterocycles. The first-order valence-electron chi connectivity index (χ1n) is 6.23. The number of hydrogen-bond donors (Lipinski definition) is 1. The molecule has 1 N–H and O–H groups in total. The zero-order valence-electron chi connectivity index (χ0n) is 10.8. The van der Waals surface area contributed by atoms with E-state index in [2.05, 4.69) is 19.2 Å². The lowest BCUT2D eigenvalue weighted by Gasteiger charge is -2.25. The van der Waals surface area contributed by atoms with Gasteiger partial charge in [0.2, 0.25) is 0 Å². The van der Waals surface area contributed by atoms with Crippen LogP contribution in [-0.4, -0.2) is 13.1 Å². The highest BCUT2D eigenvalue weighted by Gasteiger charge is 2.18. The van der Waals surface area contributed by atoms with Gasteiger partial charge in [0.15, 0.2) is 0 Å². The molecular formula is C14H21ClFN. The minimum absolute atomic E-state index is 0.166. The highest BCUT2D eigenvalue weighted by molar-refractivity contribution is 6.30. The summed E-state index contributed by atoms with van der Waals surface area (Å²) in [5.74, 6) is 0.402. The maximum atomic E-state index is 13.7. The molecule has 1 aromatic carbocycles. The summed E-state index contributed by atoms with van der Waals surface area (Å²) in [6.07, 6.45) is 2.89. The Kier molecular flexibility index (Phi) is 5.93. The molecule has 17 heavy (non-hydrogen) atoms. The van der Waals surface area contributed by atoms with Crippen LogP contribution in [0, 0.1) is 11.7 Å². The van der Waals surface area contributed by atoms with Crippen molar-refractivity contribution in [1.82, 2.24) is 5.32 Å². The molecule has 0 radical (unpaired) electrons. The Labute approximate surface area is 108 Å². The van der Waals surface area contributed by atoms with Gasteiger partial charge in [0.05, 0.1) is 0 Å². The lowest BCUT2D eigenvalue weighted by molar-refractivity contribution is 0.346. The third-order valence-electron chi connectivity index (χ3n) is 3.44. The molecule has 0 saturated heterocycles. The molecule has 1 nitrogen and oxygen atoms in total. The fourth-order valence-electron chi connectivity index (χ4n) is 2.30. The molecule has 1 unspecified atom stereocenters. The first-order valence-corrected chi connectivity index (χ1v) is 6.61. The predicted octanol–water partition coefficient (Wildman–Crippen LogP) is 4.05. The maximum Gasteiger partial charge on any atom is 0.126 e. The van der Waals surface area contributed by atoms with E-state index in [-0.39, 0.29) is 5.82 Å². The van der Waals surface area contributed by atoms with Crippen LogP contribution in [0.2, 0.25) is 5.02 Å². The van der Waals surface area contributed by atoms with Crippen LogP contribution in [0.5, 0.6) is 0 Å². The molecule has 0 bridgehead atoms. The van der Waals surface area contributed by atoms with Crippen molar-refractivity contribution in [3.63, 3.8) is 0 Å². The summed E-state index contributed by atoms with van der Waals surface area (Å²) >= 11 is 5.90. The van der Waals surface area contributed by atoms with Gasteiger partial charge in [-0.1, -0.05) is 38.3 Å². The Bertz CT molecular complexity index is 350. The topological polar surface area (TPSA) is 12.0 Å². The van der Waals surface area contributed by atoms with Crippen molar-refractivity contribution in [3.05, 3.63) is 34.6 Å². The number of benzene rings is 1. The normalized spacial score (nSPS) is 13.1. The van der Waals surface area contributed by atoms with Crippen molar-refractivity contribution in [3.8, 4) is 0 Å². The Hall–Kier alpha value is -0.600. The van der Waals surface area contributed by atoms with Gasteiger partial charge >= 0.3 is 0 Å². The summed E-state index contributed by atoms with van der Waals surface area (Å²) in [4.78, 5) is 0. The van der Waals surface area contributed by atoms with Crippen LogP contribution in [0.15, 0.2) is 18.2 Å². The Morgan fingerprint density at radius 2 is 1.94 bits per heavy atom. The van der Waals surface area contributed by atoms with Crippen LogP contribution in [0.3, 0.4) is 0 Å². The van der Waals surface area contributed by atoms with Gasteiger partial charge in [-0.25, -0.2) is 4.39 Å². The van der Waals surface area contributed by atoms with E-state index >= 15 is 0 Å². The summed E-state index contributed by atoms with van der Waals surface area (Å²) in [6, 6.07) is 5.06. The molecule has 0 aliphatic carbocycles. The second kappa shape index (κ2) is 6.97.